The maximum Gasteiger partial charge on any atom is 0.325 e. The van der Waals surface area contributed by atoms with E-state index in [1.165, 1.54) is 6.92 Å². The van der Waals surface area contributed by atoms with E-state index in [-0.39, 0.29) is 0 Å². The van der Waals surface area contributed by atoms with Gasteiger partial charge in [0.25, 0.3) is 5.91 Å². The topological polar surface area (TPSA) is 87.7 Å². The number of imide groups is 1. The first kappa shape index (κ1) is 18.4. The molecule has 1 fully saturated rings. The van der Waals surface area contributed by atoms with Crippen LogP contribution in [0.1, 0.15) is 25.5 Å². The van der Waals surface area contributed by atoms with Gasteiger partial charge in [-0.1, -0.05) is 30.3 Å². The highest BCUT2D eigenvalue weighted by Gasteiger charge is 2.43. The van der Waals surface area contributed by atoms with Crippen molar-refractivity contribution >= 4 is 23.5 Å². The third-order valence-electron chi connectivity index (χ3n) is 4.30. The Labute approximate surface area is 157 Å². The molecular weight excluding hydrogens is 346 g/mol. The van der Waals surface area contributed by atoms with Crippen molar-refractivity contribution in [3.63, 3.8) is 0 Å². The minimum Gasteiger partial charge on any atom is -0.494 e. The Hall–Kier alpha value is -3.35. The molecule has 27 heavy (non-hydrogen) atoms. The molecule has 1 aliphatic heterocycles. The van der Waals surface area contributed by atoms with E-state index < -0.39 is 29.9 Å². The lowest BCUT2D eigenvalue weighted by atomic mass is 10.1. The summed E-state index contributed by atoms with van der Waals surface area (Å²) in [6.07, 6.45) is 0. The fourth-order valence-electron chi connectivity index (χ4n) is 2.90. The third kappa shape index (κ3) is 3.92. The average molecular weight is 367 g/mol. The summed E-state index contributed by atoms with van der Waals surface area (Å²) in [6, 6.07) is 13.5. The molecule has 140 valence electrons. The van der Waals surface area contributed by atoms with Gasteiger partial charge in [-0.3, -0.25) is 9.59 Å². The van der Waals surface area contributed by atoms with Gasteiger partial charge in [-0.25, -0.2) is 9.69 Å². The van der Waals surface area contributed by atoms with Gasteiger partial charge in [0.1, 0.15) is 17.8 Å². The zero-order valence-electron chi connectivity index (χ0n) is 15.1. The molecule has 2 N–H and O–H groups in total. The second kappa shape index (κ2) is 7.90. The van der Waals surface area contributed by atoms with Gasteiger partial charge in [-0.15, -0.1) is 0 Å². The number of carbonyl (C=O) groups excluding carboxylic acids is 3. The first-order valence-corrected chi connectivity index (χ1v) is 8.73. The highest BCUT2D eigenvalue weighted by Crippen LogP contribution is 2.24. The van der Waals surface area contributed by atoms with Crippen molar-refractivity contribution in [1.29, 1.82) is 0 Å². The molecule has 2 unspecified atom stereocenters. The van der Waals surface area contributed by atoms with Crippen molar-refractivity contribution in [2.24, 2.45) is 0 Å². The van der Waals surface area contributed by atoms with E-state index in [1.807, 2.05) is 13.0 Å². The number of anilines is 1. The molecule has 0 saturated carbocycles. The minimum atomic E-state index is -0.946. The maximum atomic E-state index is 12.7. The van der Waals surface area contributed by atoms with E-state index in [4.69, 9.17) is 4.74 Å². The average Bonchev–Trinajstić information content (AvgIpc) is 2.98. The van der Waals surface area contributed by atoms with Gasteiger partial charge in [-0.05, 0) is 43.7 Å². The maximum absolute atomic E-state index is 12.7. The Balaban J connectivity index is 1.69. The number of hydrogen-bond acceptors (Lipinski definition) is 4. The molecule has 3 rings (SSSR count). The van der Waals surface area contributed by atoms with Crippen molar-refractivity contribution in [3.05, 3.63) is 60.2 Å². The molecule has 2 atom stereocenters. The first-order chi connectivity index (χ1) is 13.0. The van der Waals surface area contributed by atoms with Crippen molar-refractivity contribution < 1.29 is 19.1 Å². The molecule has 1 saturated heterocycles. The van der Waals surface area contributed by atoms with E-state index in [9.17, 15) is 14.4 Å². The van der Waals surface area contributed by atoms with Gasteiger partial charge < -0.3 is 15.4 Å². The SMILES string of the molecule is CCOc1ccc(NC(=O)C(C)N2C(=O)NC(c3ccccc3)C2=O)cc1. The summed E-state index contributed by atoms with van der Waals surface area (Å²) in [7, 11) is 0. The van der Waals surface area contributed by atoms with Crippen LogP contribution in [-0.2, 0) is 9.59 Å². The summed E-state index contributed by atoms with van der Waals surface area (Å²) in [5, 5.41) is 5.35. The molecule has 1 aliphatic rings. The number of ether oxygens (including phenoxy) is 1. The van der Waals surface area contributed by atoms with Crippen LogP contribution in [0.4, 0.5) is 10.5 Å². The Bertz CT molecular complexity index is 836. The summed E-state index contributed by atoms with van der Waals surface area (Å²) in [5.41, 5.74) is 1.24. The zero-order chi connectivity index (χ0) is 19.4. The van der Waals surface area contributed by atoms with Crippen molar-refractivity contribution in [3.8, 4) is 5.75 Å². The van der Waals surface area contributed by atoms with Crippen LogP contribution in [0, 0.1) is 0 Å². The monoisotopic (exact) mass is 367 g/mol. The van der Waals surface area contributed by atoms with Crippen molar-refractivity contribution in [2.75, 3.05) is 11.9 Å². The van der Waals surface area contributed by atoms with E-state index in [1.54, 1.807) is 48.5 Å². The Kier molecular flexibility index (Phi) is 5.40. The highest BCUT2D eigenvalue weighted by molar-refractivity contribution is 6.09. The molecule has 7 nitrogen and oxygen atoms in total. The summed E-state index contributed by atoms with van der Waals surface area (Å²) in [6.45, 7) is 3.96. The normalized spacial score (nSPS) is 17.4. The fourth-order valence-corrected chi connectivity index (χ4v) is 2.90. The lowest BCUT2D eigenvalue weighted by Crippen LogP contribution is -2.45. The standard InChI is InChI=1S/C20H21N3O4/c1-3-27-16-11-9-15(10-12-16)21-18(24)13(2)23-19(25)17(22-20(23)26)14-7-5-4-6-8-14/h4-13,17H,3H2,1-2H3,(H,21,24)(H,22,26). The van der Waals surface area contributed by atoms with Crippen LogP contribution >= 0.6 is 0 Å². The molecule has 7 heteroatoms. The van der Waals surface area contributed by atoms with Crippen LogP contribution in [-0.4, -0.2) is 35.4 Å². The number of rotatable bonds is 6. The Morgan fingerprint density at radius 1 is 1.15 bits per heavy atom. The van der Waals surface area contributed by atoms with Gasteiger partial charge in [0, 0.05) is 5.69 Å². The second-order valence-corrected chi connectivity index (χ2v) is 6.12. The lowest BCUT2D eigenvalue weighted by molar-refractivity contribution is -0.133. The molecule has 0 radical (unpaired) electrons. The van der Waals surface area contributed by atoms with Crippen molar-refractivity contribution in [2.45, 2.75) is 25.9 Å². The van der Waals surface area contributed by atoms with Crippen LogP contribution in [0.3, 0.4) is 0 Å². The van der Waals surface area contributed by atoms with E-state index in [2.05, 4.69) is 10.6 Å². The number of benzene rings is 2. The van der Waals surface area contributed by atoms with Crippen LogP contribution in [0.2, 0.25) is 0 Å². The minimum absolute atomic E-state index is 0.444. The molecule has 0 aromatic heterocycles. The van der Waals surface area contributed by atoms with Crippen LogP contribution in [0.5, 0.6) is 5.75 Å². The quantitative estimate of drug-likeness (QED) is 0.769. The van der Waals surface area contributed by atoms with Crippen LogP contribution < -0.4 is 15.4 Å². The summed E-state index contributed by atoms with van der Waals surface area (Å²) < 4.78 is 5.36. The van der Waals surface area contributed by atoms with Gasteiger partial charge in [0.15, 0.2) is 0 Å². The summed E-state index contributed by atoms with van der Waals surface area (Å²) in [4.78, 5) is 38.4. The Morgan fingerprint density at radius 2 is 1.81 bits per heavy atom. The summed E-state index contributed by atoms with van der Waals surface area (Å²) in [5.74, 6) is -0.194. The van der Waals surface area contributed by atoms with Crippen LogP contribution in [0.15, 0.2) is 54.6 Å². The van der Waals surface area contributed by atoms with Gasteiger partial charge in [0.2, 0.25) is 5.91 Å². The van der Waals surface area contributed by atoms with Gasteiger partial charge in [-0.2, -0.15) is 0 Å². The molecule has 1 heterocycles. The second-order valence-electron chi connectivity index (χ2n) is 6.12. The smallest absolute Gasteiger partial charge is 0.325 e. The lowest BCUT2D eigenvalue weighted by Gasteiger charge is -2.21. The first-order valence-electron chi connectivity index (χ1n) is 8.73. The van der Waals surface area contributed by atoms with Crippen LogP contribution in [0.25, 0.3) is 0 Å². The van der Waals surface area contributed by atoms with E-state index in [0.29, 0.717) is 23.6 Å². The molecule has 2 aromatic rings. The van der Waals surface area contributed by atoms with Crippen molar-refractivity contribution in [1.82, 2.24) is 10.2 Å². The number of urea groups is 1. The van der Waals surface area contributed by atoms with Gasteiger partial charge >= 0.3 is 6.03 Å². The summed E-state index contributed by atoms with van der Waals surface area (Å²) >= 11 is 0. The van der Waals surface area contributed by atoms with E-state index >= 15 is 0 Å². The number of amides is 4. The largest absolute Gasteiger partial charge is 0.494 e. The third-order valence-corrected chi connectivity index (χ3v) is 4.30. The number of carbonyl (C=O) groups is 3. The molecular formula is C20H21N3O4. The number of hydrogen-bond donors (Lipinski definition) is 2. The predicted octanol–water partition coefficient (Wildman–Crippen LogP) is 2.71. The molecule has 4 amide bonds. The number of nitrogens with zero attached hydrogens (tertiary/aromatic N) is 1. The predicted molar refractivity (Wildman–Crippen MR) is 100 cm³/mol. The number of nitrogens with one attached hydrogen (secondary N) is 2. The Morgan fingerprint density at radius 3 is 2.44 bits per heavy atom. The highest BCUT2D eigenvalue weighted by atomic mass is 16.5. The zero-order valence-corrected chi connectivity index (χ0v) is 15.1. The molecule has 0 bridgehead atoms. The van der Waals surface area contributed by atoms with E-state index in [0.717, 1.165) is 4.90 Å². The van der Waals surface area contributed by atoms with Gasteiger partial charge in [0.05, 0.1) is 6.61 Å². The molecule has 0 aliphatic carbocycles. The fraction of sp³-hybridized carbons (Fsp3) is 0.250. The molecule has 2 aromatic carbocycles. The molecule has 0 spiro atoms.